The fourth-order valence-electron chi connectivity index (χ4n) is 12.5. The fraction of sp³-hybridized carbons (Fsp3) is 0.165. The van der Waals surface area contributed by atoms with Crippen molar-refractivity contribution in [3.63, 3.8) is 0 Å². The molecule has 1 fully saturated rings. The number of nitrogens with zero attached hydrogens (tertiary/aromatic N) is 11. The number of para-hydroxylation sites is 2. The molecule has 14 nitrogen and oxygen atoms in total. The SMILES string of the molecule is Cc1ccc2c(c1)c1cc(-c3nccn3C(C)C)[c-]cc1n2C1CCCC1.Cc1ccnc(-c2[c-]cc(F)cc2F)c1.Cn1ccnc1-c1[c-]cc2c(c1)c1cc(F)ccc1n2-c1ccccc1.O=C(O)C1=NC=CCC1.OCc1ccnc(-c2[c-]cc(F)cc2F)c1.[Ir].[Ir].[Ir].[Ir].[c-]1ccccc1-n1cccn1. The number of carboxylic acid groups (broad SMARTS) is 1. The number of halogens is 5. The molecule has 0 atom stereocenters. The molecule has 560 valence electrons. The second-order valence-electron chi connectivity index (χ2n) is 25.1. The van der Waals surface area contributed by atoms with Crippen molar-refractivity contribution in [3.8, 4) is 56.7 Å². The third kappa shape index (κ3) is 20.2. The van der Waals surface area contributed by atoms with Gasteiger partial charge in [0, 0.05) is 202 Å². The van der Waals surface area contributed by atoms with Crippen molar-refractivity contribution in [2.75, 3.05) is 0 Å². The normalized spacial score (nSPS) is 12.1. The van der Waals surface area contributed by atoms with E-state index >= 15 is 0 Å². The van der Waals surface area contributed by atoms with E-state index in [9.17, 15) is 26.7 Å². The van der Waals surface area contributed by atoms with Gasteiger partial charge in [0.2, 0.25) is 0 Å². The van der Waals surface area contributed by atoms with Crippen molar-refractivity contribution in [1.82, 2.24) is 48.0 Å². The van der Waals surface area contributed by atoms with E-state index in [-0.39, 0.29) is 110 Å². The summed E-state index contributed by atoms with van der Waals surface area (Å²) in [7, 11) is 1.95. The summed E-state index contributed by atoms with van der Waals surface area (Å²) in [6.07, 6.45) is 24.3. The van der Waals surface area contributed by atoms with E-state index in [1.165, 1.54) is 77.6 Å². The van der Waals surface area contributed by atoms with E-state index in [1.807, 2.05) is 116 Å². The average molecular weight is 2160 g/mol. The molecule has 7 aromatic heterocycles. The molecule has 0 bridgehead atoms. The number of fused-ring (bicyclic) bond motifs is 6. The quantitative estimate of drug-likeness (QED) is 0.101. The molecule has 1 aliphatic heterocycles. The summed E-state index contributed by atoms with van der Waals surface area (Å²) in [5.74, 6) is -1.99. The first kappa shape index (κ1) is 84.0. The number of aliphatic hydroxyl groups is 1. The number of carbonyl (C=O) groups is 1. The van der Waals surface area contributed by atoms with Crippen molar-refractivity contribution < 1.29 is 117 Å². The monoisotopic (exact) mass is 2160 g/mol. The zero-order valence-electron chi connectivity index (χ0n) is 59.0. The predicted octanol–water partition coefficient (Wildman–Crippen LogP) is 19.5. The van der Waals surface area contributed by atoms with E-state index in [4.69, 9.17) is 10.2 Å². The largest absolute Gasteiger partial charge is 0.477 e. The van der Waals surface area contributed by atoms with Crippen LogP contribution in [0.15, 0.2) is 237 Å². The van der Waals surface area contributed by atoms with Crippen LogP contribution in [0.1, 0.15) is 81.1 Å². The molecule has 8 heterocycles. The summed E-state index contributed by atoms with van der Waals surface area (Å²) in [4.78, 5) is 30.8. The Bertz CT molecular complexity index is 5550. The molecule has 15 aromatic rings. The van der Waals surface area contributed by atoms with E-state index in [0.717, 1.165) is 92.2 Å². The van der Waals surface area contributed by atoms with Gasteiger partial charge < -0.3 is 38.4 Å². The maximum atomic E-state index is 14.0. The van der Waals surface area contributed by atoms with Gasteiger partial charge in [0.25, 0.3) is 0 Å². The number of aromatic nitrogens is 10. The molecule has 8 aromatic carbocycles. The Morgan fingerprint density at radius 3 is 1.77 bits per heavy atom. The van der Waals surface area contributed by atoms with Crippen LogP contribution in [0.2, 0.25) is 0 Å². The molecule has 17 rings (SSSR count). The Kier molecular flexibility index (Phi) is 30.7. The minimum Gasteiger partial charge on any atom is -0.477 e. The van der Waals surface area contributed by atoms with E-state index in [2.05, 4.69) is 143 Å². The molecule has 0 amide bonds. The average Bonchev–Trinajstić information content (AvgIpc) is 1.59. The van der Waals surface area contributed by atoms with Crippen LogP contribution in [0.25, 0.3) is 100 Å². The first-order valence-electron chi connectivity index (χ1n) is 33.8. The van der Waals surface area contributed by atoms with Crippen molar-refractivity contribution in [3.05, 3.63) is 308 Å². The van der Waals surface area contributed by atoms with Crippen LogP contribution in [0.5, 0.6) is 0 Å². The topological polar surface area (TPSA) is 159 Å². The zero-order chi connectivity index (χ0) is 72.8. The van der Waals surface area contributed by atoms with Crippen LogP contribution in [0.4, 0.5) is 22.0 Å². The molecule has 1 saturated carbocycles. The number of aryl methyl sites for hydroxylation is 3. The molecule has 2 aliphatic rings. The number of allylic oxidation sites excluding steroid dienone is 1. The smallest absolute Gasteiger partial charge is 0.350 e. The number of aliphatic carboxylic acids is 1. The van der Waals surface area contributed by atoms with Crippen molar-refractivity contribution in [2.24, 2.45) is 12.0 Å². The van der Waals surface area contributed by atoms with Crippen LogP contribution in [0.3, 0.4) is 0 Å². The first-order chi connectivity index (χ1) is 50.5. The summed E-state index contributed by atoms with van der Waals surface area (Å²) in [6, 6.07) is 66.4. The number of aliphatic hydroxyl groups excluding tert-OH is 1. The molecule has 4 radical (unpaired) electrons. The van der Waals surface area contributed by atoms with Crippen molar-refractivity contribution >= 4 is 55.3 Å². The van der Waals surface area contributed by atoms with Crippen LogP contribution < -0.4 is 0 Å². The third-order valence-electron chi connectivity index (χ3n) is 17.5. The summed E-state index contributed by atoms with van der Waals surface area (Å²) < 4.78 is 76.7. The summed E-state index contributed by atoms with van der Waals surface area (Å²) in [5, 5.41) is 25.9. The second-order valence-corrected chi connectivity index (χ2v) is 25.1. The Morgan fingerprint density at radius 1 is 0.565 bits per heavy atom. The molecular weight excluding hydrogens is 2090 g/mol. The van der Waals surface area contributed by atoms with Gasteiger partial charge in [-0.15, -0.1) is 77.9 Å². The minimum absolute atomic E-state index is 0. The molecule has 0 unspecified atom stereocenters. The van der Waals surface area contributed by atoms with E-state index < -0.39 is 29.2 Å². The first-order valence-corrected chi connectivity index (χ1v) is 33.8. The van der Waals surface area contributed by atoms with Gasteiger partial charge in [-0.25, -0.2) is 9.18 Å². The minimum atomic E-state index is -0.903. The number of hydrogen-bond acceptors (Lipinski definition) is 8. The van der Waals surface area contributed by atoms with Gasteiger partial charge in [-0.05, 0) is 146 Å². The van der Waals surface area contributed by atoms with Gasteiger partial charge in [0.05, 0.1) is 18.3 Å². The standard InChI is InChI=1S/C24H26N3.C22H15FN3.C12H8F2NO.C12H8F2N.C9H7N2.C6H7NO2.4Ir/c1-16(2)26-13-12-25-24(26)18-9-11-23-21(15-18)20-14-17(3)8-10-22(20)27(23)19-6-4-5-7-19;1-25-12-11-24-22(25)15-7-9-20-18(13-15)19-14-16(23)8-10-21(19)26(20)17-5-3-2-4-6-17;13-9-1-2-10(11(14)6-9)12-5-8(7-16)3-4-15-12;1-8-4-5-15-12(6-8)10-3-2-9(13)7-11(10)14;1-2-5-9(6-3-1)11-8-4-7-10-11;8-6(9)5-3-1-2-4-7-5;;;;/h8,10-16,19H,4-7H2,1-3H3;2-6,8-14H,1H3;1,3-6,16H,7H2;2,4-7H,1H3;1-5,7-8H;2,4H,1,3H2,(H,8,9);;;;/q5*-1;;;;;. The number of benzene rings is 8. The van der Waals surface area contributed by atoms with Gasteiger partial charge in [-0.3, -0.25) is 37.2 Å². The fourth-order valence-corrected chi connectivity index (χ4v) is 12.5. The Labute approximate surface area is 676 Å². The number of hydrogen-bond donors (Lipinski definition) is 2. The maximum absolute atomic E-state index is 14.0. The van der Waals surface area contributed by atoms with Crippen molar-refractivity contribution in [1.29, 1.82) is 0 Å². The number of rotatable bonds is 10. The summed E-state index contributed by atoms with van der Waals surface area (Å²) in [6.45, 7) is 8.29. The van der Waals surface area contributed by atoms with Gasteiger partial charge >= 0.3 is 5.97 Å². The Morgan fingerprint density at radius 2 is 1.18 bits per heavy atom. The molecule has 1 aliphatic carbocycles. The molecule has 0 spiro atoms. The molecular formula is C85H71F5Ir4N11O3-5. The van der Waals surface area contributed by atoms with Gasteiger partial charge in [-0.2, -0.15) is 29.4 Å². The number of imidazole rings is 2. The summed E-state index contributed by atoms with van der Waals surface area (Å²) >= 11 is 0. The summed E-state index contributed by atoms with van der Waals surface area (Å²) in [5.41, 5.74) is 12.8. The molecule has 108 heavy (non-hydrogen) atoms. The molecule has 2 N–H and O–H groups in total. The van der Waals surface area contributed by atoms with Gasteiger partial charge in [-0.1, -0.05) is 107 Å². The maximum Gasteiger partial charge on any atom is 0.350 e. The van der Waals surface area contributed by atoms with Gasteiger partial charge in [0.1, 0.15) is 11.5 Å². The second kappa shape index (κ2) is 39.5. The van der Waals surface area contributed by atoms with Crippen LogP contribution >= 0.6 is 0 Å². The number of aliphatic imine (C=N–C) groups is 1. The molecule has 23 heteroatoms. The molecule has 0 saturated heterocycles. The van der Waals surface area contributed by atoms with Crippen LogP contribution in [0, 0.1) is 73.3 Å². The van der Waals surface area contributed by atoms with Crippen molar-refractivity contribution in [2.45, 2.75) is 84.9 Å². The third-order valence-corrected chi connectivity index (χ3v) is 17.5. The van der Waals surface area contributed by atoms with E-state index in [0.29, 0.717) is 35.5 Å². The number of carboxylic acids is 1. The van der Waals surface area contributed by atoms with Gasteiger partial charge in [0.15, 0.2) is 0 Å². The van der Waals surface area contributed by atoms with Crippen LogP contribution in [-0.2, 0) is 98.9 Å². The number of pyridine rings is 2. The zero-order valence-corrected chi connectivity index (χ0v) is 68.6. The van der Waals surface area contributed by atoms with Crippen LogP contribution in [-0.4, -0.2) is 69.9 Å². The Hall–Kier alpha value is -9.62. The Balaban J connectivity index is 0.000000169. The van der Waals surface area contributed by atoms with E-state index in [1.54, 1.807) is 41.5 Å². The predicted molar refractivity (Wildman–Crippen MR) is 397 cm³/mol.